The van der Waals surface area contributed by atoms with E-state index in [-0.39, 0.29) is 11.4 Å². The highest BCUT2D eigenvalue weighted by Gasteiger charge is 2.32. The van der Waals surface area contributed by atoms with Gasteiger partial charge in [-0.15, -0.1) is 0 Å². The maximum absolute atomic E-state index is 12.3. The van der Waals surface area contributed by atoms with E-state index >= 15 is 0 Å². The van der Waals surface area contributed by atoms with Crippen molar-refractivity contribution in [3.63, 3.8) is 0 Å². The van der Waals surface area contributed by atoms with Gasteiger partial charge in [0.15, 0.2) is 5.58 Å². The largest absolute Gasteiger partial charge is 0.389 e. The molecule has 0 spiro atoms. The number of hydrogen-bond acceptors (Lipinski definition) is 5. The number of benzene rings is 1. The molecule has 106 valence electrons. The van der Waals surface area contributed by atoms with Crippen LogP contribution in [0.25, 0.3) is 11.0 Å². The Balaban J connectivity index is 1.84. The number of para-hydroxylation sites is 1. The molecule has 0 radical (unpaired) electrons. The van der Waals surface area contributed by atoms with Gasteiger partial charge in [0, 0.05) is 11.8 Å². The van der Waals surface area contributed by atoms with E-state index in [9.17, 15) is 4.21 Å². The normalized spacial score (nSPS) is 18.9. The molecule has 7 heteroatoms. The van der Waals surface area contributed by atoms with Crippen molar-refractivity contribution in [2.45, 2.75) is 31.6 Å². The molecule has 0 bridgehead atoms. The number of halogens is 1. The van der Waals surface area contributed by atoms with Crippen LogP contribution in [0.4, 0.5) is 0 Å². The Morgan fingerprint density at radius 1 is 1.45 bits per heavy atom. The molecule has 1 aromatic heterocycles. The highest BCUT2D eigenvalue weighted by molar-refractivity contribution is 7.99. The van der Waals surface area contributed by atoms with Gasteiger partial charge in [-0.05, 0) is 26.0 Å². The zero-order chi connectivity index (χ0) is 14.3. The lowest BCUT2D eigenvalue weighted by Gasteiger charge is -2.12. The van der Waals surface area contributed by atoms with Crippen molar-refractivity contribution in [3.05, 3.63) is 28.9 Å². The number of nitrogens with zero attached hydrogens (tertiary/aromatic N) is 2. The number of aromatic nitrogens is 1. The minimum atomic E-state index is -1.27. The summed E-state index contributed by atoms with van der Waals surface area (Å²) in [6.45, 7) is 3.82. The first-order valence-electron chi connectivity index (χ1n) is 6.12. The zero-order valence-corrected chi connectivity index (χ0v) is 12.6. The fourth-order valence-corrected chi connectivity index (χ4v) is 3.48. The maximum atomic E-state index is 12.3. The quantitative estimate of drug-likeness (QED) is 0.854. The summed E-state index contributed by atoms with van der Waals surface area (Å²) in [5.41, 5.74) is 0.750. The van der Waals surface area contributed by atoms with Crippen LogP contribution in [0.2, 0.25) is 5.02 Å². The Kier molecular flexibility index (Phi) is 3.30. The molecule has 5 nitrogen and oxygen atoms in total. The first-order valence-corrected chi connectivity index (χ1v) is 7.82. The number of fused-ring (bicyclic) bond motifs is 1. The average Bonchev–Trinajstić information content (AvgIpc) is 2.95. The van der Waals surface area contributed by atoms with E-state index in [2.05, 4.69) is 10.3 Å². The van der Waals surface area contributed by atoms with Crippen LogP contribution < -0.4 is 0 Å². The standard InChI is InChI=1S/C13H13ClN2O3S/c1-13(2)6-11(16-19-13)20(17)7-10-8-4-3-5-9(14)12(8)18-15-10/h3-5H,6-7H2,1-2H3. The van der Waals surface area contributed by atoms with Gasteiger partial charge in [0.05, 0.1) is 21.6 Å². The summed E-state index contributed by atoms with van der Waals surface area (Å²) in [5, 5.41) is 9.68. The van der Waals surface area contributed by atoms with E-state index in [1.54, 1.807) is 6.07 Å². The van der Waals surface area contributed by atoms with Gasteiger partial charge in [0.1, 0.15) is 16.3 Å². The lowest BCUT2D eigenvalue weighted by Crippen LogP contribution is -2.20. The molecule has 1 atom stereocenters. The summed E-state index contributed by atoms with van der Waals surface area (Å²) in [6.07, 6.45) is 0.552. The van der Waals surface area contributed by atoms with E-state index in [0.29, 0.717) is 27.8 Å². The van der Waals surface area contributed by atoms with Gasteiger partial charge >= 0.3 is 0 Å². The highest BCUT2D eigenvalue weighted by atomic mass is 35.5. The molecule has 1 aliphatic heterocycles. The molecule has 3 rings (SSSR count). The third-order valence-electron chi connectivity index (χ3n) is 3.03. The lowest BCUT2D eigenvalue weighted by atomic mass is 10.1. The fraction of sp³-hybridized carbons (Fsp3) is 0.385. The molecule has 0 N–H and O–H groups in total. The zero-order valence-electron chi connectivity index (χ0n) is 11.1. The van der Waals surface area contributed by atoms with Crippen molar-refractivity contribution < 1.29 is 13.6 Å². The smallest absolute Gasteiger partial charge is 0.185 e. The van der Waals surface area contributed by atoms with Gasteiger partial charge in [0.25, 0.3) is 0 Å². The minimum absolute atomic E-state index is 0.242. The molecule has 0 saturated carbocycles. The molecule has 2 aromatic rings. The molecular weight excluding hydrogens is 300 g/mol. The predicted molar refractivity (Wildman–Crippen MR) is 78.1 cm³/mol. The van der Waals surface area contributed by atoms with E-state index in [1.165, 1.54) is 0 Å². The second-order valence-electron chi connectivity index (χ2n) is 5.25. The third-order valence-corrected chi connectivity index (χ3v) is 4.60. The summed E-state index contributed by atoms with van der Waals surface area (Å²) in [7, 11) is -1.27. The van der Waals surface area contributed by atoms with Gasteiger partial charge < -0.3 is 9.36 Å². The number of rotatable bonds is 2. The number of hydrogen-bond donors (Lipinski definition) is 0. The van der Waals surface area contributed by atoms with Crippen molar-refractivity contribution in [2.75, 3.05) is 0 Å². The topological polar surface area (TPSA) is 64.7 Å². The Bertz CT molecular complexity index is 723. The Labute approximate surface area is 123 Å². The van der Waals surface area contributed by atoms with Crippen LogP contribution in [0.3, 0.4) is 0 Å². The molecule has 1 unspecified atom stereocenters. The van der Waals surface area contributed by atoms with Gasteiger partial charge in [-0.25, -0.2) is 0 Å². The average molecular weight is 313 g/mol. The first kappa shape index (κ1) is 13.6. The van der Waals surface area contributed by atoms with Gasteiger partial charge in [-0.2, -0.15) is 0 Å². The van der Waals surface area contributed by atoms with Crippen LogP contribution in [-0.2, 0) is 21.4 Å². The molecule has 0 amide bonds. The van der Waals surface area contributed by atoms with Crippen molar-refractivity contribution >= 4 is 38.4 Å². The van der Waals surface area contributed by atoms with E-state index in [4.69, 9.17) is 21.0 Å². The van der Waals surface area contributed by atoms with Gasteiger partial charge in [0.2, 0.25) is 0 Å². The van der Waals surface area contributed by atoms with Crippen molar-refractivity contribution in [1.29, 1.82) is 0 Å². The molecule has 20 heavy (non-hydrogen) atoms. The molecule has 0 fully saturated rings. The van der Waals surface area contributed by atoms with E-state index in [0.717, 1.165) is 5.39 Å². The van der Waals surface area contributed by atoms with Crippen molar-refractivity contribution in [3.8, 4) is 0 Å². The maximum Gasteiger partial charge on any atom is 0.185 e. The van der Waals surface area contributed by atoms with Crippen LogP contribution in [0.15, 0.2) is 27.9 Å². The summed E-state index contributed by atoms with van der Waals surface area (Å²) in [4.78, 5) is 5.23. The van der Waals surface area contributed by atoms with Crippen molar-refractivity contribution in [1.82, 2.24) is 5.16 Å². The van der Waals surface area contributed by atoms with Crippen molar-refractivity contribution in [2.24, 2.45) is 5.16 Å². The minimum Gasteiger partial charge on any atom is -0.389 e. The summed E-state index contributed by atoms with van der Waals surface area (Å²) < 4.78 is 17.5. The van der Waals surface area contributed by atoms with E-state index in [1.807, 2.05) is 26.0 Å². The van der Waals surface area contributed by atoms with Gasteiger partial charge in [-0.1, -0.05) is 28.0 Å². The SMILES string of the molecule is CC1(C)CC(S(=O)Cc2noc3c(Cl)cccc23)=NO1. The molecule has 2 heterocycles. The van der Waals surface area contributed by atoms with Crippen LogP contribution >= 0.6 is 11.6 Å². The van der Waals surface area contributed by atoms with Gasteiger partial charge in [-0.3, -0.25) is 4.21 Å². The van der Waals surface area contributed by atoms with E-state index < -0.39 is 10.8 Å². The number of oxime groups is 1. The highest BCUT2D eigenvalue weighted by Crippen LogP contribution is 2.28. The fourth-order valence-electron chi connectivity index (χ4n) is 2.02. The first-order chi connectivity index (χ1) is 9.46. The Hall–Kier alpha value is -1.40. The summed E-state index contributed by atoms with van der Waals surface area (Å²) >= 11 is 6.02. The summed E-state index contributed by atoms with van der Waals surface area (Å²) in [6, 6.07) is 5.39. The van der Waals surface area contributed by atoms with Crippen LogP contribution in [0.5, 0.6) is 0 Å². The second kappa shape index (κ2) is 4.86. The molecule has 1 aromatic carbocycles. The lowest BCUT2D eigenvalue weighted by molar-refractivity contribution is 0.0123. The molecule has 0 aliphatic carbocycles. The molecular formula is C13H13ClN2O3S. The Morgan fingerprint density at radius 2 is 2.25 bits per heavy atom. The van der Waals surface area contributed by atoms with Crippen LogP contribution in [0.1, 0.15) is 26.0 Å². The molecule has 0 saturated heterocycles. The van der Waals surface area contributed by atoms with Crippen LogP contribution in [0, 0.1) is 0 Å². The molecule has 1 aliphatic rings. The monoisotopic (exact) mass is 312 g/mol. The predicted octanol–water partition coefficient (Wildman–Crippen LogP) is 3.24. The summed E-state index contributed by atoms with van der Waals surface area (Å²) in [5.74, 6) is 0.242. The third kappa shape index (κ3) is 2.45. The Morgan fingerprint density at radius 3 is 2.95 bits per heavy atom. The van der Waals surface area contributed by atoms with Crippen LogP contribution in [-0.4, -0.2) is 20.0 Å². The second-order valence-corrected chi connectivity index (χ2v) is 7.11.